The molecular formula is C13H20O2. The number of rotatable bonds is 3. The Bertz CT molecular complexity index is 324. The van der Waals surface area contributed by atoms with Crippen molar-refractivity contribution in [3.63, 3.8) is 0 Å². The number of ether oxygens (including phenoxy) is 2. The summed E-state index contributed by atoms with van der Waals surface area (Å²) in [5.74, 6) is 1.59. The van der Waals surface area contributed by atoms with E-state index in [0.29, 0.717) is 5.41 Å². The summed E-state index contributed by atoms with van der Waals surface area (Å²) in [6.07, 6.45) is 1.04. The van der Waals surface area contributed by atoms with Gasteiger partial charge in [-0.1, -0.05) is 26.8 Å². The van der Waals surface area contributed by atoms with Crippen molar-refractivity contribution in [3.05, 3.63) is 23.8 Å². The molecule has 0 fully saturated rings. The molecule has 0 aromatic heterocycles. The van der Waals surface area contributed by atoms with E-state index in [1.165, 1.54) is 5.56 Å². The third-order valence-corrected chi connectivity index (χ3v) is 2.18. The van der Waals surface area contributed by atoms with Crippen LogP contribution in [0.1, 0.15) is 26.3 Å². The minimum Gasteiger partial charge on any atom is -0.493 e. The average Bonchev–Trinajstić information content (AvgIpc) is 2.15. The van der Waals surface area contributed by atoms with Crippen molar-refractivity contribution >= 4 is 0 Å². The van der Waals surface area contributed by atoms with Crippen LogP contribution < -0.4 is 9.47 Å². The molecule has 0 spiro atoms. The van der Waals surface area contributed by atoms with E-state index in [-0.39, 0.29) is 0 Å². The minimum atomic E-state index is 0.291. The summed E-state index contributed by atoms with van der Waals surface area (Å²) in [5, 5.41) is 0. The molecule has 1 rings (SSSR count). The van der Waals surface area contributed by atoms with Crippen LogP contribution in [-0.2, 0) is 6.42 Å². The molecule has 0 unspecified atom stereocenters. The fourth-order valence-corrected chi connectivity index (χ4v) is 1.60. The lowest BCUT2D eigenvalue weighted by atomic mass is 9.88. The average molecular weight is 208 g/mol. The van der Waals surface area contributed by atoms with Gasteiger partial charge < -0.3 is 9.47 Å². The maximum absolute atomic E-state index is 5.27. The topological polar surface area (TPSA) is 18.5 Å². The zero-order chi connectivity index (χ0) is 11.5. The monoisotopic (exact) mass is 208 g/mol. The zero-order valence-corrected chi connectivity index (χ0v) is 10.3. The second kappa shape index (κ2) is 4.56. The summed E-state index contributed by atoms with van der Waals surface area (Å²) in [5.41, 5.74) is 1.57. The molecular weight excluding hydrogens is 188 g/mol. The van der Waals surface area contributed by atoms with Crippen molar-refractivity contribution in [2.45, 2.75) is 27.2 Å². The van der Waals surface area contributed by atoms with Gasteiger partial charge in [-0.2, -0.15) is 0 Å². The summed E-state index contributed by atoms with van der Waals surface area (Å²) in [6, 6.07) is 6.09. The molecule has 0 atom stereocenters. The van der Waals surface area contributed by atoms with E-state index >= 15 is 0 Å². The Morgan fingerprint density at radius 2 is 1.60 bits per heavy atom. The van der Waals surface area contributed by atoms with E-state index in [4.69, 9.17) is 9.47 Å². The molecule has 0 saturated heterocycles. The normalized spacial score (nSPS) is 11.3. The van der Waals surface area contributed by atoms with Gasteiger partial charge in [-0.3, -0.25) is 0 Å². The Morgan fingerprint density at radius 1 is 1.00 bits per heavy atom. The highest BCUT2D eigenvalue weighted by atomic mass is 16.5. The molecule has 0 heterocycles. The van der Waals surface area contributed by atoms with Crippen LogP contribution in [0.3, 0.4) is 0 Å². The molecule has 15 heavy (non-hydrogen) atoms. The Hall–Kier alpha value is -1.18. The van der Waals surface area contributed by atoms with E-state index in [9.17, 15) is 0 Å². The Kier molecular flexibility index (Phi) is 3.61. The number of hydrogen-bond donors (Lipinski definition) is 0. The molecule has 84 valence electrons. The van der Waals surface area contributed by atoms with E-state index in [0.717, 1.165) is 17.9 Å². The van der Waals surface area contributed by atoms with Crippen LogP contribution in [0.5, 0.6) is 11.5 Å². The number of benzene rings is 1. The van der Waals surface area contributed by atoms with Gasteiger partial charge in [-0.25, -0.2) is 0 Å². The van der Waals surface area contributed by atoms with Crippen LogP contribution >= 0.6 is 0 Å². The van der Waals surface area contributed by atoms with Gasteiger partial charge in [0.05, 0.1) is 14.2 Å². The van der Waals surface area contributed by atoms with Gasteiger partial charge in [0.2, 0.25) is 0 Å². The highest BCUT2D eigenvalue weighted by Gasteiger charge is 2.13. The molecule has 2 heteroatoms. The molecule has 0 bridgehead atoms. The maximum atomic E-state index is 5.27. The standard InChI is InChI=1S/C13H20O2/c1-13(2,3)9-10-6-7-11(14-4)12(8-10)15-5/h6-8H,9H2,1-5H3. The summed E-state index contributed by atoms with van der Waals surface area (Å²) in [4.78, 5) is 0. The van der Waals surface area contributed by atoms with Gasteiger partial charge in [0.25, 0.3) is 0 Å². The van der Waals surface area contributed by atoms with Crippen molar-refractivity contribution in [1.82, 2.24) is 0 Å². The fraction of sp³-hybridized carbons (Fsp3) is 0.538. The smallest absolute Gasteiger partial charge is 0.160 e. The van der Waals surface area contributed by atoms with Crippen LogP contribution in [0.4, 0.5) is 0 Å². The lowest BCUT2D eigenvalue weighted by Gasteiger charge is -2.19. The minimum absolute atomic E-state index is 0.291. The first-order valence-electron chi connectivity index (χ1n) is 5.17. The first-order chi connectivity index (χ1) is 6.96. The van der Waals surface area contributed by atoms with Crippen LogP contribution in [0.15, 0.2) is 18.2 Å². The molecule has 1 aromatic carbocycles. The Balaban J connectivity index is 2.93. The van der Waals surface area contributed by atoms with Crippen molar-refractivity contribution in [2.24, 2.45) is 5.41 Å². The molecule has 1 aromatic rings. The quantitative estimate of drug-likeness (QED) is 0.758. The fourth-order valence-electron chi connectivity index (χ4n) is 1.60. The molecule has 0 amide bonds. The number of hydrogen-bond acceptors (Lipinski definition) is 2. The highest BCUT2D eigenvalue weighted by molar-refractivity contribution is 5.43. The van der Waals surface area contributed by atoms with E-state index in [1.807, 2.05) is 12.1 Å². The zero-order valence-electron chi connectivity index (χ0n) is 10.3. The summed E-state index contributed by atoms with van der Waals surface area (Å²) >= 11 is 0. The van der Waals surface area contributed by atoms with E-state index < -0.39 is 0 Å². The lowest BCUT2D eigenvalue weighted by Crippen LogP contribution is -2.09. The molecule has 0 radical (unpaired) electrons. The molecule has 0 aliphatic rings. The van der Waals surface area contributed by atoms with Crippen LogP contribution in [0.25, 0.3) is 0 Å². The van der Waals surface area contributed by atoms with Crippen molar-refractivity contribution in [2.75, 3.05) is 14.2 Å². The van der Waals surface area contributed by atoms with Crippen molar-refractivity contribution < 1.29 is 9.47 Å². The second-order valence-electron chi connectivity index (χ2n) is 4.93. The predicted octanol–water partition coefficient (Wildman–Crippen LogP) is 3.29. The van der Waals surface area contributed by atoms with Gasteiger partial charge >= 0.3 is 0 Å². The molecule has 0 N–H and O–H groups in total. The van der Waals surface area contributed by atoms with Crippen molar-refractivity contribution in [1.29, 1.82) is 0 Å². The lowest BCUT2D eigenvalue weighted by molar-refractivity contribution is 0.353. The maximum Gasteiger partial charge on any atom is 0.160 e. The van der Waals surface area contributed by atoms with Crippen molar-refractivity contribution in [3.8, 4) is 11.5 Å². The van der Waals surface area contributed by atoms with Crippen LogP contribution in [0.2, 0.25) is 0 Å². The van der Waals surface area contributed by atoms with Crippen LogP contribution in [-0.4, -0.2) is 14.2 Å². The van der Waals surface area contributed by atoms with Gasteiger partial charge in [0.15, 0.2) is 11.5 Å². The first-order valence-corrected chi connectivity index (χ1v) is 5.17. The second-order valence-corrected chi connectivity index (χ2v) is 4.93. The van der Waals surface area contributed by atoms with Gasteiger partial charge in [-0.05, 0) is 29.5 Å². The largest absolute Gasteiger partial charge is 0.493 e. The molecule has 2 nitrogen and oxygen atoms in total. The predicted molar refractivity (Wildman–Crippen MR) is 62.7 cm³/mol. The molecule has 0 aliphatic carbocycles. The summed E-state index contributed by atoms with van der Waals surface area (Å²) in [6.45, 7) is 6.68. The van der Waals surface area contributed by atoms with Gasteiger partial charge in [0.1, 0.15) is 0 Å². The molecule has 0 saturated carbocycles. The third kappa shape index (κ3) is 3.46. The molecule has 0 aliphatic heterocycles. The summed E-state index contributed by atoms with van der Waals surface area (Å²) < 4.78 is 10.5. The van der Waals surface area contributed by atoms with Crippen LogP contribution in [0, 0.1) is 5.41 Å². The number of methoxy groups -OCH3 is 2. The Labute approximate surface area is 92.2 Å². The van der Waals surface area contributed by atoms with E-state index in [2.05, 4.69) is 26.8 Å². The SMILES string of the molecule is COc1ccc(CC(C)(C)C)cc1OC. The Morgan fingerprint density at radius 3 is 2.07 bits per heavy atom. The van der Waals surface area contributed by atoms with Gasteiger partial charge in [0, 0.05) is 0 Å². The first kappa shape index (κ1) is 11.9. The highest BCUT2D eigenvalue weighted by Crippen LogP contribution is 2.30. The van der Waals surface area contributed by atoms with Gasteiger partial charge in [-0.15, -0.1) is 0 Å². The summed E-state index contributed by atoms with van der Waals surface area (Å²) in [7, 11) is 3.32. The van der Waals surface area contributed by atoms with E-state index in [1.54, 1.807) is 14.2 Å². The third-order valence-electron chi connectivity index (χ3n) is 2.18.